The molecule has 0 radical (unpaired) electrons. The third kappa shape index (κ3) is 3.51. The predicted molar refractivity (Wildman–Crippen MR) is 97.2 cm³/mol. The number of piperidine rings is 1. The van der Waals surface area contributed by atoms with E-state index in [-0.39, 0.29) is 11.8 Å². The van der Waals surface area contributed by atoms with Crippen molar-refractivity contribution in [3.8, 4) is 0 Å². The quantitative estimate of drug-likeness (QED) is 0.827. The molecular formula is C20H26FN3O. The largest absolute Gasteiger partial charge is 0.361 e. The van der Waals surface area contributed by atoms with E-state index in [4.69, 9.17) is 0 Å². The van der Waals surface area contributed by atoms with Crippen LogP contribution >= 0.6 is 0 Å². The van der Waals surface area contributed by atoms with E-state index in [0.29, 0.717) is 12.0 Å². The van der Waals surface area contributed by atoms with Crippen LogP contribution in [0.3, 0.4) is 0 Å². The zero-order valence-corrected chi connectivity index (χ0v) is 14.6. The van der Waals surface area contributed by atoms with Gasteiger partial charge in [0.05, 0.1) is 0 Å². The molecule has 4 nitrogen and oxygen atoms in total. The highest BCUT2D eigenvalue weighted by Gasteiger charge is 2.27. The second-order valence-electron chi connectivity index (χ2n) is 7.48. The Morgan fingerprint density at radius 3 is 2.64 bits per heavy atom. The topological polar surface area (TPSA) is 48.1 Å². The van der Waals surface area contributed by atoms with Crippen LogP contribution in [0.1, 0.15) is 56.4 Å². The molecule has 2 aromatic rings. The first-order valence-corrected chi connectivity index (χ1v) is 9.52. The first kappa shape index (κ1) is 16.4. The highest BCUT2D eigenvalue weighted by Crippen LogP contribution is 2.33. The fourth-order valence-electron chi connectivity index (χ4n) is 4.36. The van der Waals surface area contributed by atoms with Crippen molar-refractivity contribution in [3.05, 3.63) is 35.8 Å². The van der Waals surface area contributed by atoms with E-state index < -0.39 is 0 Å². The Morgan fingerprint density at radius 1 is 1.12 bits per heavy atom. The molecule has 2 aliphatic rings. The number of hydrogen-bond donors (Lipinski definition) is 2. The number of rotatable bonds is 2. The fraction of sp³-hybridized carbons (Fsp3) is 0.550. The summed E-state index contributed by atoms with van der Waals surface area (Å²) in [6.45, 7) is 1.54. The molecule has 2 heterocycles. The molecule has 134 valence electrons. The lowest BCUT2D eigenvalue weighted by Crippen LogP contribution is -2.48. The lowest BCUT2D eigenvalue weighted by molar-refractivity contribution is 0.174. The highest BCUT2D eigenvalue weighted by molar-refractivity contribution is 5.84. The maximum absolute atomic E-state index is 13.6. The van der Waals surface area contributed by atoms with Gasteiger partial charge in [-0.15, -0.1) is 0 Å². The molecule has 4 rings (SSSR count). The molecule has 1 saturated heterocycles. The van der Waals surface area contributed by atoms with Crippen molar-refractivity contribution in [1.29, 1.82) is 0 Å². The summed E-state index contributed by atoms with van der Waals surface area (Å²) >= 11 is 0. The number of amides is 2. The zero-order chi connectivity index (χ0) is 17.2. The van der Waals surface area contributed by atoms with Gasteiger partial charge in [-0.05, 0) is 55.4 Å². The van der Waals surface area contributed by atoms with E-state index >= 15 is 0 Å². The summed E-state index contributed by atoms with van der Waals surface area (Å²) in [4.78, 5) is 17.7. The van der Waals surface area contributed by atoms with Crippen molar-refractivity contribution in [2.45, 2.75) is 56.9 Å². The van der Waals surface area contributed by atoms with E-state index in [9.17, 15) is 9.18 Å². The molecule has 1 aliphatic carbocycles. The second kappa shape index (κ2) is 7.06. The van der Waals surface area contributed by atoms with Gasteiger partial charge < -0.3 is 15.2 Å². The van der Waals surface area contributed by atoms with Gasteiger partial charge in [-0.2, -0.15) is 0 Å². The van der Waals surface area contributed by atoms with Crippen molar-refractivity contribution in [2.75, 3.05) is 13.1 Å². The standard InChI is InChI=1S/C20H26FN3O/c21-15-6-7-19-17(12-15)18(13-22-19)14-8-10-24(11-9-14)20(25)23-16-4-2-1-3-5-16/h6-7,12-14,16,22H,1-5,8-11H2,(H,23,25). The second-order valence-corrected chi connectivity index (χ2v) is 7.48. The number of carbonyl (C=O) groups is 1. The van der Waals surface area contributed by atoms with Gasteiger partial charge in [0.2, 0.25) is 0 Å². The van der Waals surface area contributed by atoms with Crippen LogP contribution in [0.5, 0.6) is 0 Å². The van der Waals surface area contributed by atoms with Crippen LogP contribution in [0, 0.1) is 5.82 Å². The monoisotopic (exact) mass is 343 g/mol. The minimum absolute atomic E-state index is 0.0929. The molecule has 1 saturated carbocycles. The number of carbonyl (C=O) groups excluding carboxylic acids is 1. The Labute approximate surface area is 147 Å². The summed E-state index contributed by atoms with van der Waals surface area (Å²) in [5, 5.41) is 4.18. The molecule has 0 spiro atoms. The molecule has 2 N–H and O–H groups in total. The van der Waals surface area contributed by atoms with Crippen LogP contribution in [0.25, 0.3) is 10.9 Å². The molecule has 1 aromatic carbocycles. The lowest BCUT2D eigenvalue weighted by atomic mass is 9.89. The van der Waals surface area contributed by atoms with Crippen LogP contribution < -0.4 is 5.32 Å². The number of nitrogens with one attached hydrogen (secondary N) is 2. The first-order valence-electron chi connectivity index (χ1n) is 9.52. The summed E-state index contributed by atoms with van der Waals surface area (Å²) in [6, 6.07) is 5.34. The van der Waals surface area contributed by atoms with E-state index in [1.165, 1.54) is 30.9 Å². The maximum Gasteiger partial charge on any atom is 0.317 e. The number of nitrogens with zero attached hydrogens (tertiary/aromatic N) is 1. The van der Waals surface area contributed by atoms with Gasteiger partial charge in [0.1, 0.15) is 5.82 Å². The normalized spacial score (nSPS) is 20.1. The minimum atomic E-state index is -0.197. The number of aromatic nitrogens is 1. The summed E-state index contributed by atoms with van der Waals surface area (Å²) < 4.78 is 13.6. The summed E-state index contributed by atoms with van der Waals surface area (Å²) in [6.07, 6.45) is 9.85. The van der Waals surface area contributed by atoms with Crippen LogP contribution in [0.15, 0.2) is 24.4 Å². The number of fused-ring (bicyclic) bond motifs is 1. The van der Waals surface area contributed by atoms with Crippen LogP contribution in [0.2, 0.25) is 0 Å². The average molecular weight is 343 g/mol. The van der Waals surface area contributed by atoms with E-state index in [1.807, 2.05) is 11.1 Å². The number of H-pyrrole nitrogens is 1. The summed E-state index contributed by atoms with van der Waals surface area (Å²) in [5.74, 6) is 0.187. The Kier molecular flexibility index (Phi) is 4.64. The highest BCUT2D eigenvalue weighted by atomic mass is 19.1. The molecule has 5 heteroatoms. The van der Waals surface area contributed by atoms with Gasteiger partial charge in [0, 0.05) is 36.2 Å². The molecule has 2 amide bonds. The van der Waals surface area contributed by atoms with Crippen molar-refractivity contribution in [3.63, 3.8) is 0 Å². The van der Waals surface area contributed by atoms with Crippen LogP contribution in [-0.2, 0) is 0 Å². The number of likely N-dealkylation sites (tertiary alicyclic amines) is 1. The van der Waals surface area contributed by atoms with Crippen molar-refractivity contribution < 1.29 is 9.18 Å². The summed E-state index contributed by atoms with van der Waals surface area (Å²) in [7, 11) is 0. The third-order valence-electron chi connectivity index (χ3n) is 5.83. The molecule has 25 heavy (non-hydrogen) atoms. The molecular weight excluding hydrogens is 317 g/mol. The minimum Gasteiger partial charge on any atom is -0.361 e. The van der Waals surface area contributed by atoms with Gasteiger partial charge in [-0.3, -0.25) is 0 Å². The fourth-order valence-corrected chi connectivity index (χ4v) is 4.36. The van der Waals surface area contributed by atoms with Gasteiger partial charge in [-0.25, -0.2) is 9.18 Å². The number of aromatic amines is 1. The van der Waals surface area contributed by atoms with Crippen molar-refractivity contribution in [1.82, 2.24) is 15.2 Å². The van der Waals surface area contributed by atoms with Crippen molar-refractivity contribution >= 4 is 16.9 Å². The molecule has 0 atom stereocenters. The Hall–Kier alpha value is -2.04. The van der Waals surface area contributed by atoms with Crippen LogP contribution in [-0.4, -0.2) is 35.0 Å². The predicted octanol–water partition coefficient (Wildman–Crippen LogP) is 4.53. The van der Waals surface area contributed by atoms with E-state index in [2.05, 4.69) is 10.3 Å². The van der Waals surface area contributed by atoms with Gasteiger partial charge in [0.15, 0.2) is 0 Å². The number of hydrogen-bond acceptors (Lipinski definition) is 1. The average Bonchev–Trinajstić information content (AvgIpc) is 3.05. The summed E-state index contributed by atoms with van der Waals surface area (Å²) in [5.41, 5.74) is 2.16. The molecule has 0 unspecified atom stereocenters. The van der Waals surface area contributed by atoms with Gasteiger partial charge in [-0.1, -0.05) is 19.3 Å². The number of urea groups is 1. The number of benzene rings is 1. The molecule has 1 aliphatic heterocycles. The van der Waals surface area contributed by atoms with E-state index in [1.54, 1.807) is 12.1 Å². The maximum atomic E-state index is 13.6. The SMILES string of the molecule is O=C(NC1CCCCC1)N1CCC(c2c[nH]c3ccc(F)cc23)CC1. The Morgan fingerprint density at radius 2 is 1.88 bits per heavy atom. The smallest absolute Gasteiger partial charge is 0.317 e. The zero-order valence-electron chi connectivity index (χ0n) is 14.6. The molecule has 1 aromatic heterocycles. The Balaban J connectivity index is 1.37. The van der Waals surface area contributed by atoms with Crippen LogP contribution in [0.4, 0.5) is 9.18 Å². The lowest BCUT2D eigenvalue weighted by Gasteiger charge is -2.34. The van der Waals surface area contributed by atoms with Gasteiger partial charge in [0.25, 0.3) is 0 Å². The van der Waals surface area contributed by atoms with Crippen molar-refractivity contribution in [2.24, 2.45) is 0 Å². The van der Waals surface area contributed by atoms with Gasteiger partial charge >= 0.3 is 6.03 Å². The van der Waals surface area contributed by atoms with E-state index in [0.717, 1.165) is 49.7 Å². The molecule has 0 bridgehead atoms. The number of halogens is 1. The first-order chi connectivity index (χ1) is 12.2. The Bertz CT molecular complexity index is 742. The molecule has 2 fully saturated rings. The third-order valence-corrected chi connectivity index (χ3v) is 5.83.